The first-order valence-electron chi connectivity index (χ1n) is 8.04. The Labute approximate surface area is 143 Å². The first-order valence-corrected chi connectivity index (χ1v) is 8.04. The SMILES string of the molecule is C=CC(=O)OCCOc1cc(C)ccc1C(C)(C)c1ccccc1. The highest BCUT2D eigenvalue weighted by Gasteiger charge is 2.26. The van der Waals surface area contributed by atoms with Gasteiger partial charge in [0.15, 0.2) is 0 Å². The first-order chi connectivity index (χ1) is 11.4. The van der Waals surface area contributed by atoms with Crippen LogP contribution in [0, 0.1) is 6.92 Å². The van der Waals surface area contributed by atoms with E-state index in [1.54, 1.807) is 0 Å². The molecule has 0 radical (unpaired) electrons. The third-order valence-electron chi connectivity index (χ3n) is 4.06. The zero-order chi connectivity index (χ0) is 17.6. The van der Waals surface area contributed by atoms with E-state index in [0.717, 1.165) is 23.0 Å². The molecule has 0 unspecified atom stereocenters. The first kappa shape index (κ1) is 17.8. The molecule has 2 aromatic carbocycles. The predicted molar refractivity (Wildman–Crippen MR) is 96.4 cm³/mol. The lowest BCUT2D eigenvalue weighted by atomic mass is 9.77. The van der Waals surface area contributed by atoms with Crippen molar-refractivity contribution in [2.75, 3.05) is 13.2 Å². The van der Waals surface area contributed by atoms with E-state index >= 15 is 0 Å². The van der Waals surface area contributed by atoms with Gasteiger partial charge < -0.3 is 9.47 Å². The van der Waals surface area contributed by atoms with E-state index in [4.69, 9.17) is 9.47 Å². The quantitative estimate of drug-likeness (QED) is 0.429. The fourth-order valence-electron chi connectivity index (χ4n) is 2.63. The number of aryl methyl sites for hydroxylation is 1. The van der Waals surface area contributed by atoms with Gasteiger partial charge in [0.1, 0.15) is 19.0 Å². The van der Waals surface area contributed by atoms with Crippen LogP contribution in [0.4, 0.5) is 0 Å². The average molecular weight is 324 g/mol. The van der Waals surface area contributed by atoms with E-state index in [1.165, 1.54) is 5.56 Å². The topological polar surface area (TPSA) is 35.5 Å². The highest BCUT2D eigenvalue weighted by molar-refractivity contribution is 5.81. The fraction of sp³-hybridized carbons (Fsp3) is 0.286. The molecule has 0 heterocycles. The summed E-state index contributed by atoms with van der Waals surface area (Å²) in [6.07, 6.45) is 1.15. The summed E-state index contributed by atoms with van der Waals surface area (Å²) in [6.45, 7) is 10.3. The number of benzene rings is 2. The van der Waals surface area contributed by atoms with Gasteiger partial charge in [-0.15, -0.1) is 0 Å². The third kappa shape index (κ3) is 4.25. The molecule has 0 saturated carbocycles. The Morgan fingerprint density at radius 1 is 1.12 bits per heavy atom. The molecule has 0 saturated heterocycles. The van der Waals surface area contributed by atoms with Crippen LogP contribution in [-0.2, 0) is 14.9 Å². The molecule has 0 aliphatic carbocycles. The van der Waals surface area contributed by atoms with E-state index in [-0.39, 0.29) is 12.0 Å². The van der Waals surface area contributed by atoms with Gasteiger partial charge in [0.05, 0.1) is 0 Å². The molecule has 24 heavy (non-hydrogen) atoms. The van der Waals surface area contributed by atoms with E-state index in [9.17, 15) is 4.79 Å². The largest absolute Gasteiger partial charge is 0.490 e. The second-order valence-corrected chi connectivity index (χ2v) is 6.21. The van der Waals surface area contributed by atoms with E-state index in [2.05, 4.69) is 44.7 Å². The minimum Gasteiger partial charge on any atom is -0.490 e. The van der Waals surface area contributed by atoms with Crippen LogP contribution < -0.4 is 4.74 Å². The lowest BCUT2D eigenvalue weighted by Crippen LogP contribution is -2.21. The van der Waals surface area contributed by atoms with Crippen molar-refractivity contribution in [2.45, 2.75) is 26.2 Å². The summed E-state index contributed by atoms with van der Waals surface area (Å²) >= 11 is 0. The molecule has 0 amide bonds. The Morgan fingerprint density at radius 2 is 1.83 bits per heavy atom. The molecule has 0 spiro atoms. The number of hydrogen-bond acceptors (Lipinski definition) is 3. The molecule has 0 N–H and O–H groups in total. The number of carbonyl (C=O) groups excluding carboxylic acids is 1. The van der Waals surface area contributed by atoms with E-state index in [0.29, 0.717) is 6.61 Å². The number of carbonyl (C=O) groups is 1. The zero-order valence-electron chi connectivity index (χ0n) is 14.5. The van der Waals surface area contributed by atoms with Gasteiger partial charge in [-0.2, -0.15) is 0 Å². The van der Waals surface area contributed by atoms with Crippen LogP contribution in [0.2, 0.25) is 0 Å². The molecule has 3 nitrogen and oxygen atoms in total. The third-order valence-corrected chi connectivity index (χ3v) is 4.06. The van der Waals surface area contributed by atoms with Crippen molar-refractivity contribution in [2.24, 2.45) is 0 Å². The Morgan fingerprint density at radius 3 is 2.50 bits per heavy atom. The molecule has 0 bridgehead atoms. The standard InChI is InChI=1S/C21H24O3/c1-5-20(22)24-14-13-23-19-15-16(2)11-12-18(19)21(3,4)17-9-7-6-8-10-17/h5-12,15H,1,13-14H2,2-4H3. The highest BCUT2D eigenvalue weighted by atomic mass is 16.6. The summed E-state index contributed by atoms with van der Waals surface area (Å²) in [6, 6.07) is 16.6. The van der Waals surface area contributed by atoms with Gasteiger partial charge in [-0.3, -0.25) is 0 Å². The summed E-state index contributed by atoms with van der Waals surface area (Å²) in [4.78, 5) is 11.1. The van der Waals surface area contributed by atoms with E-state index < -0.39 is 5.97 Å². The van der Waals surface area contributed by atoms with Crippen molar-refractivity contribution in [3.8, 4) is 5.75 Å². The second-order valence-electron chi connectivity index (χ2n) is 6.21. The fourth-order valence-corrected chi connectivity index (χ4v) is 2.63. The number of rotatable bonds is 7. The van der Waals surface area contributed by atoms with Crippen molar-refractivity contribution in [1.29, 1.82) is 0 Å². The predicted octanol–water partition coefficient (Wildman–Crippen LogP) is 4.43. The Hall–Kier alpha value is -2.55. The molecule has 2 aromatic rings. The number of hydrogen-bond donors (Lipinski definition) is 0. The molecule has 0 fully saturated rings. The van der Waals surface area contributed by atoms with Gasteiger partial charge in [-0.25, -0.2) is 4.79 Å². The van der Waals surface area contributed by atoms with Gasteiger partial charge >= 0.3 is 5.97 Å². The molecule has 2 rings (SSSR count). The summed E-state index contributed by atoms with van der Waals surface area (Å²) in [7, 11) is 0. The van der Waals surface area contributed by atoms with Gasteiger partial charge in [0.25, 0.3) is 0 Å². The highest BCUT2D eigenvalue weighted by Crippen LogP contribution is 2.37. The molecule has 0 aliphatic heterocycles. The van der Waals surface area contributed by atoms with Gasteiger partial charge in [-0.1, -0.05) is 62.9 Å². The van der Waals surface area contributed by atoms with Crippen LogP contribution in [-0.4, -0.2) is 19.2 Å². The van der Waals surface area contributed by atoms with Gasteiger partial charge in [0.2, 0.25) is 0 Å². The van der Waals surface area contributed by atoms with Crippen molar-refractivity contribution < 1.29 is 14.3 Å². The van der Waals surface area contributed by atoms with Crippen LogP contribution >= 0.6 is 0 Å². The summed E-state index contributed by atoms with van der Waals surface area (Å²) in [5.41, 5.74) is 3.26. The lowest BCUT2D eigenvalue weighted by molar-refractivity contribution is -0.138. The lowest BCUT2D eigenvalue weighted by Gasteiger charge is -2.28. The van der Waals surface area contributed by atoms with Crippen LogP contribution in [0.1, 0.15) is 30.5 Å². The number of esters is 1. The number of ether oxygens (including phenoxy) is 2. The molecular weight excluding hydrogens is 300 g/mol. The summed E-state index contributed by atoms with van der Waals surface area (Å²) in [5.74, 6) is 0.381. The van der Waals surface area contributed by atoms with Gasteiger partial charge in [0, 0.05) is 17.1 Å². The van der Waals surface area contributed by atoms with Crippen LogP contribution in [0.15, 0.2) is 61.2 Å². The molecule has 0 aliphatic rings. The minimum absolute atomic E-state index is 0.192. The summed E-state index contributed by atoms with van der Waals surface area (Å²) in [5, 5.41) is 0. The van der Waals surface area contributed by atoms with Crippen molar-refractivity contribution >= 4 is 5.97 Å². The molecular formula is C21H24O3. The normalized spacial score (nSPS) is 11.0. The Kier molecular flexibility index (Phi) is 5.80. The Bertz CT molecular complexity index is 702. The maximum absolute atomic E-state index is 11.1. The van der Waals surface area contributed by atoms with Crippen molar-refractivity contribution in [3.05, 3.63) is 77.9 Å². The smallest absolute Gasteiger partial charge is 0.330 e. The second kappa shape index (κ2) is 7.82. The van der Waals surface area contributed by atoms with Crippen LogP contribution in [0.5, 0.6) is 5.75 Å². The van der Waals surface area contributed by atoms with Crippen LogP contribution in [0.3, 0.4) is 0 Å². The molecule has 0 aromatic heterocycles. The van der Waals surface area contributed by atoms with E-state index in [1.807, 2.05) is 31.2 Å². The van der Waals surface area contributed by atoms with Crippen molar-refractivity contribution in [3.63, 3.8) is 0 Å². The Balaban J connectivity index is 2.21. The summed E-state index contributed by atoms with van der Waals surface area (Å²) < 4.78 is 10.9. The molecule has 3 heteroatoms. The van der Waals surface area contributed by atoms with Gasteiger partial charge in [-0.05, 0) is 24.1 Å². The average Bonchev–Trinajstić information content (AvgIpc) is 2.59. The molecule has 0 atom stereocenters. The monoisotopic (exact) mass is 324 g/mol. The molecule has 126 valence electrons. The maximum atomic E-state index is 11.1. The zero-order valence-corrected chi connectivity index (χ0v) is 14.5. The minimum atomic E-state index is -0.437. The maximum Gasteiger partial charge on any atom is 0.330 e. The van der Waals surface area contributed by atoms with Crippen LogP contribution in [0.25, 0.3) is 0 Å². The van der Waals surface area contributed by atoms with Crippen molar-refractivity contribution in [1.82, 2.24) is 0 Å².